The number of aliphatic hydroxyl groups is 1. The Balaban J connectivity index is 1.87. The molecule has 0 aromatic heterocycles. The molecule has 8 nitrogen and oxygen atoms in total. The monoisotopic (exact) mass is 290 g/mol. The molecule has 0 spiro atoms. The molecule has 1 fully saturated rings. The van der Waals surface area contributed by atoms with Gasteiger partial charge in [-0.15, -0.1) is 0 Å². The first kappa shape index (κ1) is 12.4. The van der Waals surface area contributed by atoms with Gasteiger partial charge in [0.15, 0.2) is 11.5 Å². The molecule has 0 bridgehead atoms. The summed E-state index contributed by atoms with van der Waals surface area (Å²) in [4.78, 5) is 18.7. The summed E-state index contributed by atoms with van der Waals surface area (Å²) in [5, 5.41) is 9.82. The molecule has 4 N–H and O–H groups in total. The van der Waals surface area contributed by atoms with Gasteiger partial charge in [0.25, 0.3) is 5.91 Å². The number of fused-ring (bicyclic) bond motifs is 3. The van der Waals surface area contributed by atoms with Crippen LogP contribution in [0.2, 0.25) is 0 Å². The average Bonchev–Trinajstić information content (AvgIpc) is 3.06. The number of carbonyl (C=O) groups excluding carboxylic acids is 1. The third-order valence-corrected chi connectivity index (χ3v) is 3.97. The maximum absolute atomic E-state index is 12.7. The predicted octanol–water partition coefficient (Wildman–Crippen LogP) is -0.502. The lowest BCUT2D eigenvalue weighted by Gasteiger charge is -2.22. The number of nitrogens with one attached hydrogen (secondary N) is 1. The van der Waals surface area contributed by atoms with Crippen LogP contribution in [0.15, 0.2) is 17.1 Å². The van der Waals surface area contributed by atoms with Gasteiger partial charge < -0.3 is 24.9 Å². The summed E-state index contributed by atoms with van der Waals surface area (Å²) in [5.74, 6) is 6.88. The second-order valence-electron chi connectivity index (χ2n) is 5.23. The molecule has 1 aromatic carbocycles. The average molecular weight is 290 g/mol. The van der Waals surface area contributed by atoms with Crippen molar-refractivity contribution < 1.29 is 19.4 Å². The lowest BCUT2D eigenvalue weighted by Crippen LogP contribution is -2.47. The van der Waals surface area contributed by atoms with E-state index in [9.17, 15) is 9.90 Å². The number of amidine groups is 1. The molecule has 0 saturated carbocycles. The van der Waals surface area contributed by atoms with Gasteiger partial charge in [-0.05, 0) is 6.07 Å². The number of hydrogen-bond acceptors (Lipinski definition) is 7. The highest BCUT2D eigenvalue weighted by molar-refractivity contribution is 6.06. The molecule has 1 saturated heterocycles. The van der Waals surface area contributed by atoms with E-state index < -0.39 is 6.10 Å². The van der Waals surface area contributed by atoms with Crippen LogP contribution in [0.5, 0.6) is 11.5 Å². The molecule has 0 aliphatic carbocycles. The van der Waals surface area contributed by atoms with Crippen LogP contribution in [0.4, 0.5) is 5.69 Å². The molecule has 8 heteroatoms. The fourth-order valence-electron chi connectivity index (χ4n) is 2.98. The van der Waals surface area contributed by atoms with Crippen LogP contribution in [0.3, 0.4) is 0 Å². The number of benzene rings is 1. The molecule has 3 aliphatic rings. The number of rotatable bonds is 0. The van der Waals surface area contributed by atoms with Crippen LogP contribution in [-0.4, -0.2) is 47.2 Å². The number of hydrogen-bond donors (Lipinski definition) is 3. The maximum atomic E-state index is 12.7. The lowest BCUT2D eigenvalue weighted by molar-refractivity contribution is 0.0747. The summed E-state index contributed by atoms with van der Waals surface area (Å²) in [5.41, 5.74) is 3.45. The highest BCUT2D eigenvalue weighted by Crippen LogP contribution is 2.40. The molecule has 0 radical (unpaired) electrons. The molecule has 21 heavy (non-hydrogen) atoms. The molecule has 1 aromatic rings. The fourth-order valence-corrected chi connectivity index (χ4v) is 2.98. The summed E-state index contributed by atoms with van der Waals surface area (Å²) >= 11 is 0. The van der Waals surface area contributed by atoms with Gasteiger partial charge in [0.2, 0.25) is 6.79 Å². The summed E-state index contributed by atoms with van der Waals surface area (Å²) in [6, 6.07) is 2.96. The van der Waals surface area contributed by atoms with E-state index in [4.69, 9.17) is 15.3 Å². The van der Waals surface area contributed by atoms with Crippen molar-refractivity contribution in [3.63, 3.8) is 0 Å². The Morgan fingerprint density at radius 2 is 2.14 bits per heavy atom. The van der Waals surface area contributed by atoms with E-state index in [-0.39, 0.29) is 25.3 Å². The molecule has 4 rings (SSSR count). The first-order valence-electron chi connectivity index (χ1n) is 6.65. The summed E-state index contributed by atoms with van der Waals surface area (Å²) in [6.07, 6.45) is -0.164. The number of aliphatic imine (C=N–C) groups is 1. The second kappa shape index (κ2) is 4.34. The minimum atomic E-state index is -0.576. The number of nitrogens with two attached hydrogens (primary N) is 1. The highest BCUT2D eigenvalue weighted by atomic mass is 16.7. The van der Waals surface area contributed by atoms with E-state index in [1.54, 1.807) is 17.0 Å². The minimum Gasteiger partial charge on any atom is -0.454 e. The molecule has 3 heterocycles. The number of aliphatic hydroxyl groups excluding tert-OH is 1. The zero-order chi connectivity index (χ0) is 14.6. The smallest absolute Gasteiger partial charge is 0.256 e. The van der Waals surface area contributed by atoms with Crippen LogP contribution in [0.1, 0.15) is 16.8 Å². The van der Waals surface area contributed by atoms with Crippen molar-refractivity contribution in [2.45, 2.75) is 18.6 Å². The first-order chi connectivity index (χ1) is 10.2. The topological polar surface area (TPSA) is 109 Å². The van der Waals surface area contributed by atoms with Gasteiger partial charge in [-0.25, -0.2) is 10.8 Å². The van der Waals surface area contributed by atoms with Crippen LogP contribution < -0.4 is 20.7 Å². The number of ether oxygens (including phenoxy) is 2. The van der Waals surface area contributed by atoms with Crippen molar-refractivity contribution in [1.29, 1.82) is 0 Å². The van der Waals surface area contributed by atoms with Crippen molar-refractivity contribution in [2.75, 3.05) is 13.3 Å². The van der Waals surface area contributed by atoms with Crippen molar-refractivity contribution in [1.82, 2.24) is 10.3 Å². The summed E-state index contributed by atoms with van der Waals surface area (Å²) in [7, 11) is 0. The normalized spacial score (nSPS) is 26.1. The van der Waals surface area contributed by atoms with Crippen LogP contribution in [0, 0.1) is 0 Å². The Kier molecular flexibility index (Phi) is 2.57. The van der Waals surface area contributed by atoms with E-state index in [0.717, 1.165) is 0 Å². The van der Waals surface area contributed by atoms with Gasteiger partial charge in [0.1, 0.15) is 5.84 Å². The van der Waals surface area contributed by atoms with Gasteiger partial charge >= 0.3 is 0 Å². The number of nitrogens with zero attached hydrogens (tertiary/aromatic N) is 2. The van der Waals surface area contributed by atoms with Crippen molar-refractivity contribution >= 4 is 17.4 Å². The van der Waals surface area contributed by atoms with Gasteiger partial charge in [-0.3, -0.25) is 4.79 Å². The molecular weight excluding hydrogens is 276 g/mol. The molecule has 2 atom stereocenters. The molecule has 1 amide bonds. The second-order valence-corrected chi connectivity index (χ2v) is 5.23. The molecule has 3 aliphatic heterocycles. The van der Waals surface area contributed by atoms with Crippen molar-refractivity contribution in [3.05, 3.63) is 17.7 Å². The Morgan fingerprint density at radius 1 is 1.38 bits per heavy atom. The largest absolute Gasteiger partial charge is 0.454 e. The Morgan fingerprint density at radius 3 is 2.90 bits per heavy atom. The van der Waals surface area contributed by atoms with Crippen LogP contribution in [0.25, 0.3) is 0 Å². The standard InChI is InChI=1S/C13H14N4O4/c14-16-12-9-1-6(18)4-17(9)13(19)7-2-10-11(21-5-20-10)3-8(7)15-12/h2-3,6,9,18H,1,4-5,14H2,(H,15,16). The summed E-state index contributed by atoms with van der Waals surface area (Å²) < 4.78 is 10.6. The van der Waals surface area contributed by atoms with Crippen LogP contribution >= 0.6 is 0 Å². The highest BCUT2D eigenvalue weighted by Gasteiger charge is 2.41. The minimum absolute atomic E-state index is 0.128. The van der Waals surface area contributed by atoms with E-state index in [1.165, 1.54) is 0 Å². The Bertz CT molecular complexity index is 660. The number of amides is 1. The van der Waals surface area contributed by atoms with E-state index in [1.807, 2.05) is 0 Å². The number of hydrazine groups is 1. The zero-order valence-electron chi connectivity index (χ0n) is 11.1. The third-order valence-electron chi connectivity index (χ3n) is 3.97. The van der Waals surface area contributed by atoms with Crippen molar-refractivity contribution in [3.8, 4) is 11.5 Å². The summed E-state index contributed by atoms with van der Waals surface area (Å²) in [6.45, 7) is 0.390. The quantitative estimate of drug-likeness (QED) is 0.439. The van der Waals surface area contributed by atoms with E-state index in [2.05, 4.69) is 10.4 Å². The molecule has 110 valence electrons. The van der Waals surface area contributed by atoms with Gasteiger partial charge in [0, 0.05) is 19.0 Å². The van der Waals surface area contributed by atoms with E-state index >= 15 is 0 Å². The fraction of sp³-hybridized carbons (Fsp3) is 0.385. The third kappa shape index (κ3) is 1.76. The van der Waals surface area contributed by atoms with Gasteiger partial charge in [-0.1, -0.05) is 0 Å². The van der Waals surface area contributed by atoms with Crippen molar-refractivity contribution in [2.24, 2.45) is 10.8 Å². The van der Waals surface area contributed by atoms with Crippen LogP contribution in [-0.2, 0) is 0 Å². The Labute approximate surface area is 120 Å². The molecular formula is C13H14N4O4. The van der Waals surface area contributed by atoms with Gasteiger partial charge in [-0.2, -0.15) is 0 Å². The predicted molar refractivity (Wildman–Crippen MR) is 72.4 cm³/mol. The van der Waals surface area contributed by atoms with E-state index in [0.29, 0.717) is 35.0 Å². The number of carbonyl (C=O) groups is 1. The SMILES string of the molecule is NNC1=Nc2cc3c(cc2C(=O)N2CC(O)CC12)OCO3. The molecule has 2 unspecified atom stereocenters. The lowest BCUT2D eigenvalue weighted by atomic mass is 10.1. The first-order valence-corrected chi connectivity index (χ1v) is 6.65. The zero-order valence-corrected chi connectivity index (χ0v) is 11.1. The maximum Gasteiger partial charge on any atom is 0.256 e. The Hall–Kier alpha value is -2.32. The van der Waals surface area contributed by atoms with Gasteiger partial charge in [0.05, 0.1) is 23.4 Å².